The molecule has 0 aliphatic rings. The number of phosphoric acid groups is 1. The first-order chi connectivity index (χ1) is 26.2. The van der Waals surface area contributed by atoms with Crippen LogP contribution in [0.3, 0.4) is 0 Å². The van der Waals surface area contributed by atoms with Gasteiger partial charge in [-0.2, -0.15) is 0 Å². The first-order valence-corrected chi connectivity index (χ1v) is 22.0. The van der Waals surface area contributed by atoms with E-state index in [4.69, 9.17) is 24.3 Å². The Hall–Kier alpha value is -2.59. The molecule has 0 rings (SSSR count). The lowest BCUT2D eigenvalue weighted by Crippen LogP contribution is -2.29. The SMILES string of the molecule is CCCCC/C=C\C/C=C\C/C=C\C=C\[C@H](O)CCCC(=O)O[C@H](COC(=O)CCCCCCC/C=C\C/C=C\CCCCC)COP(=O)(O)OCCN. The van der Waals surface area contributed by atoms with E-state index in [2.05, 4.69) is 62.5 Å². The van der Waals surface area contributed by atoms with Crippen molar-refractivity contribution >= 4 is 19.8 Å². The molecule has 4 N–H and O–H groups in total. The Morgan fingerprint density at radius 3 is 1.80 bits per heavy atom. The van der Waals surface area contributed by atoms with Crippen LogP contribution in [0, 0.1) is 0 Å². The standard InChI is InChI=1S/C43H74NO9P/c1-3-5-7-9-11-13-15-17-18-20-22-24-26-28-30-34-42(46)50-38-41(39-52-54(48,49)51-37-36-44)53-43(47)35-31-33-40(45)32-29-27-25-23-21-19-16-14-12-10-8-6-4-2/h11-14,17-19,21,25,27,29,32,40-41,45H,3-10,15-16,20,22-24,26,28,30-31,33-39,44H2,1-2H3,(H,48,49)/b13-11-,14-12-,18-17-,21-19-,27-25-,32-29+/t40-,41+/m0/s1. The van der Waals surface area contributed by atoms with E-state index < -0.39 is 38.6 Å². The highest BCUT2D eigenvalue weighted by molar-refractivity contribution is 7.47. The summed E-state index contributed by atoms with van der Waals surface area (Å²) in [5.74, 6) is -1.05. The van der Waals surface area contributed by atoms with Crippen molar-refractivity contribution in [2.75, 3.05) is 26.4 Å². The van der Waals surface area contributed by atoms with E-state index in [0.29, 0.717) is 19.3 Å². The van der Waals surface area contributed by atoms with E-state index in [1.54, 1.807) is 12.2 Å². The zero-order chi connectivity index (χ0) is 39.8. The predicted octanol–water partition coefficient (Wildman–Crippen LogP) is 10.5. The minimum atomic E-state index is -4.44. The Labute approximate surface area is 327 Å². The molecule has 0 saturated heterocycles. The lowest BCUT2D eigenvalue weighted by Gasteiger charge is -2.20. The number of esters is 2. The van der Waals surface area contributed by atoms with Crippen molar-refractivity contribution in [2.45, 2.75) is 161 Å². The number of phosphoric ester groups is 1. The number of unbranched alkanes of at least 4 members (excludes halogenated alkanes) is 11. The Bertz CT molecular complexity index is 1130. The summed E-state index contributed by atoms with van der Waals surface area (Å²) >= 11 is 0. The fraction of sp³-hybridized carbons (Fsp3) is 0.674. The van der Waals surface area contributed by atoms with Crippen LogP contribution in [0.15, 0.2) is 72.9 Å². The number of carbonyl (C=O) groups excluding carboxylic acids is 2. The maximum atomic E-state index is 12.6. The molecule has 11 heteroatoms. The molecule has 0 aromatic rings. The van der Waals surface area contributed by atoms with Gasteiger partial charge in [0.2, 0.25) is 0 Å². The van der Waals surface area contributed by atoms with Crippen molar-refractivity contribution in [1.82, 2.24) is 0 Å². The number of aliphatic hydroxyl groups excluding tert-OH is 1. The molecule has 0 aromatic heterocycles. The summed E-state index contributed by atoms with van der Waals surface area (Å²) in [6.45, 7) is 3.41. The van der Waals surface area contributed by atoms with Gasteiger partial charge in [0.15, 0.2) is 6.10 Å². The van der Waals surface area contributed by atoms with Crippen LogP contribution in [-0.4, -0.2) is 60.5 Å². The first-order valence-electron chi connectivity index (χ1n) is 20.5. The van der Waals surface area contributed by atoms with Crippen molar-refractivity contribution in [3.05, 3.63) is 72.9 Å². The van der Waals surface area contributed by atoms with E-state index in [-0.39, 0.29) is 32.6 Å². The zero-order valence-corrected chi connectivity index (χ0v) is 34.4. The molecule has 0 heterocycles. The molecule has 0 aliphatic carbocycles. The van der Waals surface area contributed by atoms with E-state index >= 15 is 0 Å². The molecule has 0 aliphatic heterocycles. The Morgan fingerprint density at radius 2 is 1.19 bits per heavy atom. The van der Waals surface area contributed by atoms with Crippen LogP contribution in [0.4, 0.5) is 0 Å². The van der Waals surface area contributed by atoms with Crippen molar-refractivity contribution in [1.29, 1.82) is 0 Å². The minimum absolute atomic E-state index is 0.00451. The topological polar surface area (TPSA) is 155 Å². The molecular weight excluding hydrogens is 705 g/mol. The number of carbonyl (C=O) groups is 2. The third-order valence-electron chi connectivity index (χ3n) is 8.17. The average Bonchev–Trinajstić information content (AvgIpc) is 3.15. The number of allylic oxidation sites excluding steroid dienone is 11. The highest BCUT2D eigenvalue weighted by atomic mass is 31.2. The second-order valence-electron chi connectivity index (χ2n) is 13.3. The fourth-order valence-corrected chi connectivity index (χ4v) is 5.82. The molecule has 0 spiro atoms. The summed E-state index contributed by atoms with van der Waals surface area (Å²) in [6, 6.07) is 0. The summed E-state index contributed by atoms with van der Waals surface area (Å²) < 4.78 is 32.5. The van der Waals surface area contributed by atoms with Gasteiger partial charge in [-0.25, -0.2) is 4.57 Å². The molecule has 0 fully saturated rings. The lowest BCUT2D eigenvalue weighted by atomic mass is 10.1. The smallest absolute Gasteiger partial charge is 0.462 e. The van der Waals surface area contributed by atoms with Gasteiger partial charge < -0.3 is 25.2 Å². The Morgan fingerprint density at radius 1 is 0.648 bits per heavy atom. The maximum Gasteiger partial charge on any atom is 0.472 e. The van der Waals surface area contributed by atoms with Crippen LogP contribution < -0.4 is 5.73 Å². The number of ether oxygens (including phenoxy) is 2. The minimum Gasteiger partial charge on any atom is -0.462 e. The van der Waals surface area contributed by atoms with Gasteiger partial charge in [-0.1, -0.05) is 132 Å². The number of hydrogen-bond acceptors (Lipinski definition) is 9. The van der Waals surface area contributed by atoms with Gasteiger partial charge in [-0.15, -0.1) is 0 Å². The number of rotatable bonds is 37. The second kappa shape index (κ2) is 38.7. The van der Waals surface area contributed by atoms with Gasteiger partial charge in [-0.3, -0.25) is 18.6 Å². The van der Waals surface area contributed by atoms with Crippen LogP contribution in [-0.2, 0) is 32.7 Å². The number of nitrogens with two attached hydrogens (primary N) is 1. The monoisotopic (exact) mass is 780 g/mol. The van der Waals surface area contributed by atoms with Crippen LogP contribution >= 0.6 is 7.82 Å². The molecule has 0 radical (unpaired) electrons. The molecule has 0 saturated carbocycles. The molecule has 310 valence electrons. The van der Waals surface area contributed by atoms with E-state index in [9.17, 15) is 24.2 Å². The van der Waals surface area contributed by atoms with Crippen molar-refractivity contribution in [2.24, 2.45) is 5.73 Å². The third-order valence-corrected chi connectivity index (χ3v) is 9.15. The lowest BCUT2D eigenvalue weighted by molar-refractivity contribution is -0.161. The largest absolute Gasteiger partial charge is 0.472 e. The molecule has 10 nitrogen and oxygen atoms in total. The second-order valence-corrected chi connectivity index (χ2v) is 14.8. The highest BCUT2D eigenvalue weighted by Crippen LogP contribution is 2.43. The van der Waals surface area contributed by atoms with Gasteiger partial charge in [-0.05, 0) is 77.0 Å². The first kappa shape index (κ1) is 51.4. The van der Waals surface area contributed by atoms with E-state index in [1.165, 1.54) is 38.5 Å². The zero-order valence-electron chi connectivity index (χ0n) is 33.5. The summed E-state index contributed by atoms with van der Waals surface area (Å²) in [6.07, 6.45) is 42.4. The number of aliphatic hydroxyl groups is 1. The molecule has 0 aromatic carbocycles. The van der Waals surface area contributed by atoms with E-state index in [1.807, 2.05) is 12.2 Å². The van der Waals surface area contributed by atoms with Crippen LogP contribution in [0.25, 0.3) is 0 Å². The molecule has 3 atom stereocenters. The van der Waals surface area contributed by atoms with Crippen molar-refractivity contribution in [3.8, 4) is 0 Å². The summed E-state index contributed by atoms with van der Waals surface area (Å²) in [5, 5.41) is 10.3. The van der Waals surface area contributed by atoms with Gasteiger partial charge in [0.1, 0.15) is 6.61 Å². The van der Waals surface area contributed by atoms with Gasteiger partial charge in [0.05, 0.1) is 19.3 Å². The molecule has 54 heavy (non-hydrogen) atoms. The molecule has 0 bridgehead atoms. The third kappa shape index (κ3) is 37.7. The van der Waals surface area contributed by atoms with Gasteiger partial charge in [0.25, 0.3) is 0 Å². The predicted molar refractivity (Wildman–Crippen MR) is 221 cm³/mol. The Balaban J connectivity index is 4.44. The summed E-state index contributed by atoms with van der Waals surface area (Å²) in [7, 11) is -4.44. The fourth-order valence-electron chi connectivity index (χ4n) is 5.06. The molecular formula is C43H74NO9P. The summed E-state index contributed by atoms with van der Waals surface area (Å²) in [5.41, 5.74) is 5.33. The highest BCUT2D eigenvalue weighted by Gasteiger charge is 2.26. The van der Waals surface area contributed by atoms with E-state index in [0.717, 1.165) is 64.2 Å². The van der Waals surface area contributed by atoms with Crippen LogP contribution in [0.1, 0.15) is 149 Å². The van der Waals surface area contributed by atoms with Crippen LogP contribution in [0.2, 0.25) is 0 Å². The normalized spacial score (nSPS) is 14.7. The van der Waals surface area contributed by atoms with Crippen molar-refractivity contribution in [3.63, 3.8) is 0 Å². The summed E-state index contributed by atoms with van der Waals surface area (Å²) in [4.78, 5) is 34.8. The Kier molecular flexibility index (Phi) is 36.8. The molecule has 1 unspecified atom stereocenters. The number of hydrogen-bond donors (Lipinski definition) is 3. The van der Waals surface area contributed by atoms with Crippen LogP contribution in [0.5, 0.6) is 0 Å². The molecule has 0 amide bonds. The van der Waals surface area contributed by atoms with Gasteiger partial charge in [0, 0.05) is 19.4 Å². The average molecular weight is 780 g/mol. The van der Waals surface area contributed by atoms with Gasteiger partial charge >= 0.3 is 19.8 Å². The quantitative estimate of drug-likeness (QED) is 0.0182. The maximum absolute atomic E-state index is 12.6. The van der Waals surface area contributed by atoms with Crippen molar-refractivity contribution < 1.29 is 42.7 Å².